The van der Waals surface area contributed by atoms with E-state index in [1.54, 1.807) is 7.05 Å². The molecule has 8 nitrogen and oxygen atoms in total. The van der Waals surface area contributed by atoms with Crippen LogP contribution in [0.5, 0.6) is 0 Å². The number of rotatable bonds is 5. The highest BCUT2D eigenvalue weighted by Crippen LogP contribution is 2.19. The van der Waals surface area contributed by atoms with Crippen molar-refractivity contribution in [1.29, 1.82) is 0 Å². The number of carbonyl (C=O) groups is 1. The van der Waals surface area contributed by atoms with Crippen LogP contribution < -0.4 is 10.2 Å². The molecule has 2 fully saturated rings. The molecule has 29 heavy (non-hydrogen) atoms. The highest BCUT2D eigenvalue weighted by atomic mass is 16.5. The van der Waals surface area contributed by atoms with Crippen molar-refractivity contribution in [1.82, 2.24) is 20.1 Å². The van der Waals surface area contributed by atoms with Gasteiger partial charge in [0.1, 0.15) is 5.82 Å². The molecule has 0 aromatic carbocycles. The van der Waals surface area contributed by atoms with E-state index in [9.17, 15) is 4.79 Å². The number of ether oxygens (including phenoxy) is 1. The van der Waals surface area contributed by atoms with E-state index in [0.717, 1.165) is 57.3 Å². The second-order valence-corrected chi connectivity index (χ2v) is 7.75. The molecular weight excluding hydrogens is 368 g/mol. The summed E-state index contributed by atoms with van der Waals surface area (Å²) in [6.45, 7) is 8.65. The summed E-state index contributed by atoms with van der Waals surface area (Å²) in [5.41, 5.74) is 1.18. The molecule has 160 valence electrons. The zero-order valence-corrected chi connectivity index (χ0v) is 17.9. The van der Waals surface area contributed by atoms with Gasteiger partial charge in [0, 0.05) is 59.1 Å². The van der Waals surface area contributed by atoms with Gasteiger partial charge in [0.05, 0.1) is 12.5 Å². The summed E-state index contributed by atoms with van der Waals surface area (Å²) < 4.78 is 5.21. The van der Waals surface area contributed by atoms with Crippen LogP contribution in [0, 0.1) is 5.92 Å². The van der Waals surface area contributed by atoms with Gasteiger partial charge in [-0.1, -0.05) is 0 Å². The Bertz CT molecular complexity index is 702. The standard InChI is InChI=1S/C21H34N6O2/c1-4-29-20(28)18-6-5-9-27(16-18)21(22-2)24-15-17-7-8-23-19(14-17)26-12-10-25(3)11-13-26/h7-8,14,18H,4-6,9-13,15-16H2,1-3H3,(H,22,24). The molecule has 3 heterocycles. The molecule has 2 aliphatic rings. The van der Waals surface area contributed by atoms with Crippen molar-refractivity contribution < 1.29 is 9.53 Å². The predicted molar refractivity (Wildman–Crippen MR) is 115 cm³/mol. The topological polar surface area (TPSA) is 73.3 Å². The number of piperidine rings is 1. The molecule has 1 N–H and O–H groups in total. The third kappa shape index (κ3) is 5.82. The van der Waals surface area contributed by atoms with Crippen LogP contribution in [0.3, 0.4) is 0 Å². The van der Waals surface area contributed by atoms with E-state index in [1.807, 2.05) is 19.2 Å². The summed E-state index contributed by atoms with van der Waals surface area (Å²) in [7, 11) is 3.95. The van der Waals surface area contributed by atoms with E-state index in [2.05, 4.69) is 43.1 Å². The summed E-state index contributed by atoms with van der Waals surface area (Å²) in [6, 6.07) is 4.20. The molecule has 0 amide bonds. The number of piperazine rings is 1. The number of nitrogens with one attached hydrogen (secondary N) is 1. The normalized spacial score (nSPS) is 21.2. The molecule has 0 aliphatic carbocycles. The number of hydrogen-bond donors (Lipinski definition) is 1. The molecule has 0 radical (unpaired) electrons. The Labute approximate surface area is 173 Å². The number of hydrogen-bond acceptors (Lipinski definition) is 6. The average molecular weight is 403 g/mol. The van der Waals surface area contributed by atoms with Crippen LogP contribution in [0.2, 0.25) is 0 Å². The fourth-order valence-corrected chi connectivity index (χ4v) is 3.91. The smallest absolute Gasteiger partial charge is 0.310 e. The highest BCUT2D eigenvalue weighted by Gasteiger charge is 2.28. The van der Waals surface area contributed by atoms with Gasteiger partial charge >= 0.3 is 5.97 Å². The van der Waals surface area contributed by atoms with Crippen LogP contribution in [-0.4, -0.2) is 86.7 Å². The maximum absolute atomic E-state index is 12.1. The number of likely N-dealkylation sites (N-methyl/N-ethyl adjacent to an activating group) is 1. The van der Waals surface area contributed by atoms with Crippen molar-refractivity contribution in [2.24, 2.45) is 10.9 Å². The van der Waals surface area contributed by atoms with Crippen molar-refractivity contribution >= 4 is 17.7 Å². The highest BCUT2D eigenvalue weighted by molar-refractivity contribution is 5.81. The van der Waals surface area contributed by atoms with E-state index in [4.69, 9.17) is 4.74 Å². The van der Waals surface area contributed by atoms with Gasteiger partial charge in [-0.2, -0.15) is 0 Å². The summed E-state index contributed by atoms with van der Waals surface area (Å²) >= 11 is 0. The number of nitrogens with zero attached hydrogens (tertiary/aromatic N) is 5. The van der Waals surface area contributed by atoms with Gasteiger partial charge in [-0.3, -0.25) is 9.79 Å². The van der Waals surface area contributed by atoms with Crippen molar-refractivity contribution in [2.75, 3.05) is 64.9 Å². The monoisotopic (exact) mass is 402 g/mol. The fourth-order valence-electron chi connectivity index (χ4n) is 3.91. The first kappa shape index (κ1) is 21.4. The molecule has 1 aromatic rings. The molecule has 0 bridgehead atoms. The molecule has 8 heteroatoms. The number of likely N-dealkylation sites (tertiary alicyclic amines) is 1. The minimum Gasteiger partial charge on any atom is -0.466 e. The van der Waals surface area contributed by atoms with Crippen LogP contribution in [0.4, 0.5) is 5.82 Å². The zero-order chi connectivity index (χ0) is 20.6. The average Bonchev–Trinajstić information content (AvgIpc) is 2.75. The maximum Gasteiger partial charge on any atom is 0.310 e. The van der Waals surface area contributed by atoms with Crippen molar-refractivity contribution in [3.8, 4) is 0 Å². The summed E-state index contributed by atoms with van der Waals surface area (Å²) in [6.07, 6.45) is 3.73. The Hall–Kier alpha value is -2.35. The van der Waals surface area contributed by atoms with Gasteiger partial charge in [0.25, 0.3) is 0 Å². The van der Waals surface area contributed by atoms with Gasteiger partial charge in [-0.25, -0.2) is 4.98 Å². The van der Waals surface area contributed by atoms with Crippen molar-refractivity contribution in [3.63, 3.8) is 0 Å². The van der Waals surface area contributed by atoms with Crippen LogP contribution in [-0.2, 0) is 16.1 Å². The first-order valence-corrected chi connectivity index (χ1v) is 10.6. The largest absolute Gasteiger partial charge is 0.466 e. The second-order valence-electron chi connectivity index (χ2n) is 7.75. The van der Waals surface area contributed by atoms with Gasteiger partial charge in [-0.05, 0) is 44.5 Å². The molecule has 0 saturated carbocycles. The first-order valence-electron chi connectivity index (χ1n) is 10.6. The molecule has 2 saturated heterocycles. The van der Waals surface area contributed by atoms with E-state index < -0.39 is 0 Å². The lowest BCUT2D eigenvalue weighted by molar-refractivity contribution is -0.149. The number of aromatic nitrogens is 1. The molecule has 1 atom stereocenters. The molecule has 1 aromatic heterocycles. The third-order valence-corrected chi connectivity index (χ3v) is 5.64. The Balaban J connectivity index is 1.57. The number of guanidine groups is 1. The Morgan fingerprint density at radius 2 is 2.10 bits per heavy atom. The minimum atomic E-state index is -0.0985. The molecule has 0 spiro atoms. The number of esters is 1. The van der Waals surface area contributed by atoms with Crippen molar-refractivity contribution in [3.05, 3.63) is 23.9 Å². The zero-order valence-electron chi connectivity index (χ0n) is 17.9. The molecular formula is C21H34N6O2. The van der Waals surface area contributed by atoms with E-state index >= 15 is 0 Å². The van der Waals surface area contributed by atoms with Crippen molar-refractivity contribution in [2.45, 2.75) is 26.3 Å². The summed E-state index contributed by atoms with van der Waals surface area (Å²) in [5.74, 6) is 1.69. The summed E-state index contributed by atoms with van der Waals surface area (Å²) in [4.78, 5) is 28.0. The second kappa shape index (κ2) is 10.4. The minimum absolute atomic E-state index is 0.0768. The number of aliphatic imine (C=N–C) groups is 1. The molecule has 2 aliphatic heterocycles. The molecule has 3 rings (SSSR count). The Morgan fingerprint density at radius 3 is 2.83 bits per heavy atom. The van der Waals surface area contributed by atoms with Gasteiger partial charge in [0.15, 0.2) is 5.96 Å². The Kier molecular flexibility index (Phi) is 7.69. The van der Waals surface area contributed by atoms with Gasteiger partial charge in [-0.15, -0.1) is 0 Å². The summed E-state index contributed by atoms with van der Waals surface area (Å²) in [5, 5.41) is 3.45. The van der Waals surface area contributed by atoms with E-state index in [0.29, 0.717) is 19.7 Å². The Morgan fingerprint density at radius 1 is 1.31 bits per heavy atom. The SMILES string of the molecule is CCOC(=O)C1CCCN(C(=NC)NCc2ccnc(N3CCN(C)CC3)c2)C1. The van der Waals surface area contributed by atoms with Crippen LogP contribution >= 0.6 is 0 Å². The lowest BCUT2D eigenvalue weighted by Crippen LogP contribution is -2.48. The lowest BCUT2D eigenvalue weighted by atomic mass is 9.98. The number of carbonyl (C=O) groups excluding carboxylic acids is 1. The first-order chi connectivity index (χ1) is 14.1. The van der Waals surface area contributed by atoms with E-state index in [1.165, 1.54) is 5.56 Å². The number of pyridine rings is 1. The molecule has 1 unspecified atom stereocenters. The number of anilines is 1. The van der Waals surface area contributed by atoms with E-state index in [-0.39, 0.29) is 11.9 Å². The lowest BCUT2D eigenvalue weighted by Gasteiger charge is -2.34. The van der Waals surface area contributed by atoms with Crippen LogP contribution in [0.15, 0.2) is 23.3 Å². The predicted octanol–water partition coefficient (Wildman–Crippen LogP) is 1.18. The van der Waals surface area contributed by atoms with Crippen LogP contribution in [0.1, 0.15) is 25.3 Å². The fraction of sp³-hybridized carbons (Fsp3) is 0.667. The van der Waals surface area contributed by atoms with Crippen LogP contribution in [0.25, 0.3) is 0 Å². The van der Waals surface area contributed by atoms with Gasteiger partial charge < -0.3 is 24.8 Å². The van der Waals surface area contributed by atoms with Gasteiger partial charge in [0.2, 0.25) is 0 Å². The third-order valence-electron chi connectivity index (χ3n) is 5.64. The maximum atomic E-state index is 12.1. The quantitative estimate of drug-likeness (QED) is 0.450.